The number of hydrogen-bond acceptors (Lipinski definition) is 1. The summed E-state index contributed by atoms with van der Waals surface area (Å²) in [6.45, 7) is 4.24. The van der Waals surface area contributed by atoms with Crippen LogP contribution in [0, 0.1) is 0 Å². The van der Waals surface area contributed by atoms with Gasteiger partial charge in [-0.25, -0.2) is 0 Å². The molecule has 0 bridgehead atoms. The summed E-state index contributed by atoms with van der Waals surface area (Å²) >= 11 is 6.04. The van der Waals surface area contributed by atoms with Crippen LogP contribution in [0.3, 0.4) is 0 Å². The quantitative estimate of drug-likeness (QED) is 0.717. The highest BCUT2D eigenvalue weighted by atomic mass is 35.5. The first-order valence-electron chi connectivity index (χ1n) is 4.66. The number of benzene rings is 1. The molecule has 1 aromatic rings. The average molecular weight is 198 g/mol. The second-order valence-electron chi connectivity index (χ2n) is 3.33. The van der Waals surface area contributed by atoms with Gasteiger partial charge in [-0.2, -0.15) is 0 Å². The van der Waals surface area contributed by atoms with Crippen LogP contribution in [-0.4, -0.2) is 18.5 Å². The maximum atomic E-state index is 6.04. The average Bonchev–Trinajstić information content (AvgIpc) is 2.09. The molecular weight excluding hydrogens is 182 g/mol. The van der Waals surface area contributed by atoms with E-state index in [-0.39, 0.29) is 0 Å². The van der Waals surface area contributed by atoms with Gasteiger partial charge in [0.05, 0.1) is 0 Å². The molecule has 0 aliphatic heterocycles. The van der Waals surface area contributed by atoms with E-state index in [1.807, 2.05) is 18.2 Å². The molecule has 0 unspecified atom stereocenters. The molecule has 1 nitrogen and oxygen atoms in total. The molecule has 2 heteroatoms. The summed E-state index contributed by atoms with van der Waals surface area (Å²) in [7, 11) is 2.12. The first-order chi connectivity index (χ1) is 6.24. The standard InChI is InChI=1S/C11H16ClN/c1-3-8-13(2)9-10-6-4-5-7-11(10)12/h4-7H,3,8-9H2,1-2H3. The predicted molar refractivity (Wildman–Crippen MR) is 58.1 cm³/mol. The summed E-state index contributed by atoms with van der Waals surface area (Å²) < 4.78 is 0. The monoisotopic (exact) mass is 197 g/mol. The van der Waals surface area contributed by atoms with Gasteiger partial charge in [0.1, 0.15) is 0 Å². The van der Waals surface area contributed by atoms with Crippen molar-refractivity contribution in [3.8, 4) is 0 Å². The van der Waals surface area contributed by atoms with Crippen LogP contribution in [0.15, 0.2) is 24.3 Å². The van der Waals surface area contributed by atoms with E-state index in [1.54, 1.807) is 0 Å². The third kappa shape index (κ3) is 3.37. The molecule has 0 aromatic heterocycles. The van der Waals surface area contributed by atoms with Crippen molar-refractivity contribution in [3.63, 3.8) is 0 Å². The van der Waals surface area contributed by atoms with Crippen LogP contribution in [-0.2, 0) is 6.54 Å². The Morgan fingerprint density at radius 3 is 2.62 bits per heavy atom. The summed E-state index contributed by atoms with van der Waals surface area (Å²) in [5.41, 5.74) is 1.21. The van der Waals surface area contributed by atoms with Crippen molar-refractivity contribution in [2.24, 2.45) is 0 Å². The summed E-state index contributed by atoms with van der Waals surface area (Å²) in [6.07, 6.45) is 1.18. The van der Waals surface area contributed by atoms with Crippen molar-refractivity contribution in [1.82, 2.24) is 4.90 Å². The Hall–Kier alpha value is -0.530. The third-order valence-corrected chi connectivity index (χ3v) is 2.37. The Labute approximate surface area is 85.3 Å². The third-order valence-electron chi connectivity index (χ3n) is 2.00. The smallest absolute Gasteiger partial charge is 0.0451 e. The lowest BCUT2D eigenvalue weighted by Gasteiger charge is -2.15. The zero-order valence-corrected chi connectivity index (χ0v) is 9.01. The molecule has 0 atom stereocenters. The summed E-state index contributed by atoms with van der Waals surface area (Å²) in [5.74, 6) is 0. The number of nitrogens with zero attached hydrogens (tertiary/aromatic N) is 1. The van der Waals surface area contributed by atoms with E-state index in [0.717, 1.165) is 18.1 Å². The fraction of sp³-hybridized carbons (Fsp3) is 0.455. The minimum atomic E-state index is 0.866. The molecule has 0 saturated carbocycles. The number of hydrogen-bond donors (Lipinski definition) is 0. The van der Waals surface area contributed by atoms with Crippen LogP contribution >= 0.6 is 11.6 Å². The highest BCUT2D eigenvalue weighted by Gasteiger charge is 2.01. The van der Waals surface area contributed by atoms with Gasteiger partial charge in [-0.1, -0.05) is 36.7 Å². The van der Waals surface area contributed by atoms with E-state index in [2.05, 4.69) is 24.9 Å². The van der Waals surface area contributed by atoms with Crippen LogP contribution in [0.4, 0.5) is 0 Å². The van der Waals surface area contributed by atoms with E-state index in [1.165, 1.54) is 12.0 Å². The van der Waals surface area contributed by atoms with Gasteiger partial charge < -0.3 is 4.90 Å². The van der Waals surface area contributed by atoms with Crippen LogP contribution in [0.2, 0.25) is 5.02 Å². The summed E-state index contributed by atoms with van der Waals surface area (Å²) in [5, 5.41) is 0.866. The first kappa shape index (κ1) is 10.6. The molecule has 0 N–H and O–H groups in total. The molecule has 1 rings (SSSR count). The van der Waals surface area contributed by atoms with Crippen molar-refractivity contribution in [1.29, 1.82) is 0 Å². The first-order valence-corrected chi connectivity index (χ1v) is 5.03. The van der Waals surface area contributed by atoms with Gasteiger partial charge in [0.2, 0.25) is 0 Å². The molecular formula is C11H16ClN. The number of rotatable bonds is 4. The van der Waals surface area contributed by atoms with Gasteiger partial charge in [-0.15, -0.1) is 0 Å². The normalized spacial score (nSPS) is 10.8. The molecule has 0 heterocycles. The zero-order chi connectivity index (χ0) is 9.68. The molecule has 72 valence electrons. The summed E-state index contributed by atoms with van der Waals surface area (Å²) in [6, 6.07) is 8.01. The van der Waals surface area contributed by atoms with E-state index in [4.69, 9.17) is 11.6 Å². The van der Waals surface area contributed by atoms with Crippen molar-refractivity contribution < 1.29 is 0 Å². The molecule has 0 aliphatic rings. The second kappa shape index (κ2) is 5.25. The minimum Gasteiger partial charge on any atom is -0.302 e. The van der Waals surface area contributed by atoms with Crippen molar-refractivity contribution in [3.05, 3.63) is 34.9 Å². The van der Waals surface area contributed by atoms with Gasteiger partial charge in [-0.3, -0.25) is 0 Å². The lowest BCUT2D eigenvalue weighted by Crippen LogP contribution is -2.18. The van der Waals surface area contributed by atoms with E-state index < -0.39 is 0 Å². The Kier molecular flexibility index (Phi) is 4.26. The van der Waals surface area contributed by atoms with Crippen molar-refractivity contribution in [2.45, 2.75) is 19.9 Å². The largest absolute Gasteiger partial charge is 0.302 e. The molecule has 0 radical (unpaired) electrons. The fourth-order valence-electron chi connectivity index (χ4n) is 1.38. The van der Waals surface area contributed by atoms with Gasteiger partial charge in [-0.05, 0) is 31.6 Å². The Bertz CT molecular complexity index is 260. The minimum absolute atomic E-state index is 0.866. The van der Waals surface area contributed by atoms with Crippen molar-refractivity contribution >= 4 is 11.6 Å². The molecule has 0 spiro atoms. The molecule has 0 saturated heterocycles. The van der Waals surface area contributed by atoms with Gasteiger partial charge in [0.25, 0.3) is 0 Å². The fourth-order valence-corrected chi connectivity index (χ4v) is 1.57. The molecule has 1 aromatic carbocycles. The van der Waals surface area contributed by atoms with E-state index in [0.29, 0.717) is 0 Å². The zero-order valence-electron chi connectivity index (χ0n) is 8.26. The van der Waals surface area contributed by atoms with Crippen LogP contribution in [0.5, 0.6) is 0 Å². The Morgan fingerprint density at radius 2 is 2.00 bits per heavy atom. The van der Waals surface area contributed by atoms with Crippen LogP contribution in [0.1, 0.15) is 18.9 Å². The lowest BCUT2D eigenvalue weighted by atomic mass is 10.2. The molecule has 0 fully saturated rings. The highest BCUT2D eigenvalue weighted by Crippen LogP contribution is 2.16. The van der Waals surface area contributed by atoms with Gasteiger partial charge >= 0.3 is 0 Å². The van der Waals surface area contributed by atoms with Crippen LogP contribution < -0.4 is 0 Å². The molecule has 0 amide bonds. The topological polar surface area (TPSA) is 3.24 Å². The highest BCUT2D eigenvalue weighted by molar-refractivity contribution is 6.31. The number of halogens is 1. The SMILES string of the molecule is CCCN(C)Cc1ccccc1Cl. The molecule has 13 heavy (non-hydrogen) atoms. The lowest BCUT2D eigenvalue weighted by molar-refractivity contribution is 0.327. The van der Waals surface area contributed by atoms with Gasteiger partial charge in [0, 0.05) is 11.6 Å². The maximum Gasteiger partial charge on any atom is 0.0451 e. The Balaban J connectivity index is 2.58. The van der Waals surface area contributed by atoms with E-state index >= 15 is 0 Å². The predicted octanol–water partition coefficient (Wildman–Crippen LogP) is 3.18. The maximum absolute atomic E-state index is 6.04. The van der Waals surface area contributed by atoms with Crippen molar-refractivity contribution in [2.75, 3.05) is 13.6 Å². The van der Waals surface area contributed by atoms with E-state index in [9.17, 15) is 0 Å². The molecule has 0 aliphatic carbocycles. The summed E-state index contributed by atoms with van der Waals surface area (Å²) in [4.78, 5) is 2.28. The van der Waals surface area contributed by atoms with Crippen LogP contribution in [0.25, 0.3) is 0 Å². The Morgan fingerprint density at radius 1 is 1.31 bits per heavy atom. The van der Waals surface area contributed by atoms with Gasteiger partial charge in [0.15, 0.2) is 0 Å². The second-order valence-corrected chi connectivity index (χ2v) is 3.74.